The van der Waals surface area contributed by atoms with E-state index >= 15 is 0 Å². The van der Waals surface area contributed by atoms with Crippen LogP contribution in [0.2, 0.25) is 0 Å². The van der Waals surface area contributed by atoms with Gasteiger partial charge in [-0.3, -0.25) is 4.79 Å². The third kappa shape index (κ3) is 4.48. The number of rotatable bonds is 6. The minimum Gasteiger partial charge on any atom is -0.350 e. The summed E-state index contributed by atoms with van der Waals surface area (Å²) >= 11 is 0. The number of amides is 1. The SMILES string of the molecule is Cc1cc2nn(CC(=O)NCc3ccc(F)cc3)c(=O)n2c(Nc2ccc(F)c(C)c2)n1. The molecule has 0 atom stereocenters. The first-order valence-corrected chi connectivity index (χ1v) is 9.82. The summed E-state index contributed by atoms with van der Waals surface area (Å²) in [4.78, 5) is 29.6. The molecule has 4 rings (SSSR count). The summed E-state index contributed by atoms with van der Waals surface area (Å²) in [6.07, 6.45) is 0. The Hall–Kier alpha value is -4.08. The van der Waals surface area contributed by atoms with Gasteiger partial charge in [0.2, 0.25) is 11.9 Å². The molecular weight excluding hydrogens is 418 g/mol. The van der Waals surface area contributed by atoms with Crippen molar-refractivity contribution in [2.75, 3.05) is 5.32 Å². The Balaban J connectivity index is 1.57. The van der Waals surface area contributed by atoms with Crippen LogP contribution in [-0.4, -0.2) is 25.1 Å². The van der Waals surface area contributed by atoms with Gasteiger partial charge < -0.3 is 10.6 Å². The van der Waals surface area contributed by atoms with Crippen LogP contribution >= 0.6 is 0 Å². The van der Waals surface area contributed by atoms with Crippen LogP contribution in [0, 0.1) is 25.5 Å². The molecule has 0 aliphatic heterocycles. The van der Waals surface area contributed by atoms with Gasteiger partial charge in [-0.1, -0.05) is 12.1 Å². The van der Waals surface area contributed by atoms with Crippen LogP contribution in [0.15, 0.2) is 53.3 Å². The molecule has 1 amide bonds. The van der Waals surface area contributed by atoms with Crippen molar-refractivity contribution in [3.8, 4) is 0 Å². The minimum absolute atomic E-state index is 0.193. The van der Waals surface area contributed by atoms with Gasteiger partial charge in [-0.05, 0) is 55.3 Å². The number of nitrogens with zero attached hydrogens (tertiary/aromatic N) is 4. The van der Waals surface area contributed by atoms with Crippen LogP contribution in [-0.2, 0) is 17.9 Å². The lowest BCUT2D eigenvalue weighted by atomic mass is 10.2. The van der Waals surface area contributed by atoms with Crippen molar-refractivity contribution >= 4 is 23.2 Å². The fourth-order valence-corrected chi connectivity index (χ4v) is 3.19. The molecular formula is C22H20F2N6O2. The number of aryl methyl sites for hydroxylation is 2. The van der Waals surface area contributed by atoms with E-state index in [2.05, 4.69) is 20.7 Å². The van der Waals surface area contributed by atoms with E-state index in [0.29, 0.717) is 22.6 Å². The van der Waals surface area contributed by atoms with Crippen LogP contribution in [0.4, 0.5) is 20.4 Å². The molecule has 32 heavy (non-hydrogen) atoms. The molecule has 0 bridgehead atoms. The van der Waals surface area contributed by atoms with Crippen LogP contribution in [0.3, 0.4) is 0 Å². The molecule has 0 saturated heterocycles. The van der Waals surface area contributed by atoms with E-state index in [4.69, 9.17) is 0 Å². The maximum absolute atomic E-state index is 13.6. The highest BCUT2D eigenvalue weighted by Gasteiger charge is 2.15. The maximum atomic E-state index is 13.6. The van der Waals surface area contributed by atoms with Crippen molar-refractivity contribution in [1.29, 1.82) is 0 Å². The lowest BCUT2D eigenvalue weighted by Crippen LogP contribution is -2.32. The molecule has 2 aromatic carbocycles. The second-order valence-corrected chi connectivity index (χ2v) is 7.35. The summed E-state index contributed by atoms with van der Waals surface area (Å²) in [6.45, 7) is 3.28. The van der Waals surface area contributed by atoms with E-state index in [1.54, 1.807) is 38.1 Å². The van der Waals surface area contributed by atoms with Crippen molar-refractivity contribution in [2.45, 2.75) is 26.9 Å². The molecule has 164 valence electrons. The Labute approximate surface area is 181 Å². The molecule has 0 spiro atoms. The summed E-state index contributed by atoms with van der Waals surface area (Å²) in [5, 5.41) is 9.92. The summed E-state index contributed by atoms with van der Waals surface area (Å²) in [5.74, 6) is -0.919. The molecule has 2 aromatic heterocycles. The number of halogens is 2. The monoisotopic (exact) mass is 438 g/mol. The molecule has 8 nitrogen and oxygen atoms in total. The second-order valence-electron chi connectivity index (χ2n) is 7.35. The van der Waals surface area contributed by atoms with Gasteiger partial charge in [0.05, 0.1) is 0 Å². The number of benzene rings is 2. The summed E-state index contributed by atoms with van der Waals surface area (Å²) in [7, 11) is 0. The number of fused-ring (bicyclic) bond motifs is 1. The number of hydrogen-bond donors (Lipinski definition) is 2. The Kier molecular flexibility index (Phi) is 5.67. The molecule has 0 unspecified atom stereocenters. The molecule has 0 saturated carbocycles. The van der Waals surface area contributed by atoms with Gasteiger partial charge in [-0.25, -0.2) is 27.6 Å². The fraction of sp³-hybridized carbons (Fsp3) is 0.182. The average Bonchev–Trinajstić information content (AvgIpc) is 3.05. The standard InChI is InChI=1S/C22H20F2N6O2/c1-13-9-17(7-8-18(13)24)27-21-26-14(2)10-19-28-29(22(32)30(19)21)12-20(31)25-11-15-3-5-16(23)6-4-15/h3-10H,11-12H2,1-2H3,(H,25,31)(H,26,27). The first-order valence-electron chi connectivity index (χ1n) is 9.82. The molecule has 0 radical (unpaired) electrons. The summed E-state index contributed by atoms with van der Waals surface area (Å²) in [5.41, 5.74) is 2.10. The predicted molar refractivity (Wildman–Crippen MR) is 115 cm³/mol. The Morgan fingerprint density at radius 3 is 2.53 bits per heavy atom. The van der Waals surface area contributed by atoms with Gasteiger partial charge in [-0.2, -0.15) is 0 Å². The van der Waals surface area contributed by atoms with Gasteiger partial charge in [0, 0.05) is 24.0 Å². The van der Waals surface area contributed by atoms with Crippen molar-refractivity contribution in [1.82, 2.24) is 24.5 Å². The van der Waals surface area contributed by atoms with Gasteiger partial charge in [0.15, 0.2) is 5.65 Å². The molecule has 2 heterocycles. The highest BCUT2D eigenvalue weighted by atomic mass is 19.1. The number of carbonyl (C=O) groups is 1. The highest BCUT2D eigenvalue weighted by Crippen LogP contribution is 2.18. The third-order valence-electron chi connectivity index (χ3n) is 4.81. The Morgan fingerprint density at radius 2 is 1.81 bits per heavy atom. The second kappa shape index (κ2) is 8.58. The predicted octanol–water partition coefficient (Wildman–Crippen LogP) is 2.85. The number of nitrogens with one attached hydrogen (secondary N) is 2. The molecule has 10 heteroatoms. The Morgan fingerprint density at radius 1 is 1.06 bits per heavy atom. The maximum Gasteiger partial charge on any atom is 0.353 e. The zero-order chi connectivity index (χ0) is 22.8. The summed E-state index contributed by atoms with van der Waals surface area (Å²) in [6, 6.07) is 11.8. The van der Waals surface area contributed by atoms with Crippen LogP contribution in [0.25, 0.3) is 5.65 Å². The molecule has 2 N–H and O–H groups in total. The third-order valence-corrected chi connectivity index (χ3v) is 4.81. The molecule has 0 aliphatic carbocycles. The lowest BCUT2D eigenvalue weighted by Gasteiger charge is -2.09. The first-order chi connectivity index (χ1) is 15.3. The average molecular weight is 438 g/mol. The number of hydrogen-bond acceptors (Lipinski definition) is 5. The van der Waals surface area contributed by atoms with E-state index < -0.39 is 11.6 Å². The zero-order valence-electron chi connectivity index (χ0n) is 17.4. The van der Waals surface area contributed by atoms with E-state index in [0.717, 1.165) is 10.2 Å². The van der Waals surface area contributed by atoms with E-state index in [1.165, 1.54) is 28.7 Å². The topological polar surface area (TPSA) is 93.3 Å². The van der Waals surface area contributed by atoms with Gasteiger partial charge >= 0.3 is 5.69 Å². The van der Waals surface area contributed by atoms with Crippen molar-refractivity contribution in [3.63, 3.8) is 0 Å². The summed E-state index contributed by atoms with van der Waals surface area (Å²) < 4.78 is 28.8. The lowest BCUT2D eigenvalue weighted by molar-refractivity contribution is -0.122. The number of aromatic nitrogens is 4. The largest absolute Gasteiger partial charge is 0.353 e. The van der Waals surface area contributed by atoms with Crippen LogP contribution in [0.5, 0.6) is 0 Å². The molecule has 0 aliphatic rings. The van der Waals surface area contributed by atoms with Crippen molar-refractivity contribution in [3.05, 3.63) is 87.5 Å². The fourth-order valence-electron chi connectivity index (χ4n) is 3.19. The normalized spacial score (nSPS) is 11.0. The van der Waals surface area contributed by atoms with Gasteiger partial charge in [0.25, 0.3) is 0 Å². The first kappa shape index (κ1) is 21.2. The Bertz CT molecular complexity index is 1360. The van der Waals surface area contributed by atoms with E-state index in [1.807, 2.05) is 0 Å². The zero-order valence-corrected chi connectivity index (χ0v) is 17.4. The number of carbonyl (C=O) groups excluding carboxylic acids is 1. The quantitative estimate of drug-likeness (QED) is 0.483. The van der Waals surface area contributed by atoms with Crippen LogP contribution < -0.4 is 16.3 Å². The number of anilines is 2. The van der Waals surface area contributed by atoms with Crippen LogP contribution in [0.1, 0.15) is 16.8 Å². The van der Waals surface area contributed by atoms with Crippen molar-refractivity contribution in [2.24, 2.45) is 0 Å². The van der Waals surface area contributed by atoms with Crippen molar-refractivity contribution < 1.29 is 13.6 Å². The molecule has 0 fully saturated rings. The van der Waals surface area contributed by atoms with E-state index in [9.17, 15) is 18.4 Å². The van der Waals surface area contributed by atoms with Gasteiger partial charge in [0.1, 0.15) is 18.2 Å². The smallest absolute Gasteiger partial charge is 0.350 e. The van der Waals surface area contributed by atoms with Gasteiger partial charge in [-0.15, -0.1) is 5.10 Å². The minimum atomic E-state index is -0.550. The highest BCUT2D eigenvalue weighted by molar-refractivity contribution is 5.75. The van der Waals surface area contributed by atoms with E-state index in [-0.39, 0.29) is 30.7 Å². The molecule has 4 aromatic rings.